The van der Waals surface area contributed by atoms with E-state index in [2.05, 4.69) is 53.3 Å². The average Bonchev–Trinajstić information content (AvgIpc) is 2.90. The molecule has 0 aromatic carbocycles. The van der Waals surface area contributed by atoms with Crippen molar-refractivity contribution in [2.24, 2.45) is 35.5 Å². The minimum Gasteiger partial charge on any atom is -0.149 e. The van der Waals surface area contributed by atoms with E-state index in [1.807, 2.05) is 0 Å². The normalized spacial score (nSPS) is 33.1. The average molecular weight is 449 g/mol. The summed E-state index contributed by atoms with van der Waals surface area (Å²) in [5, 5.41) is 0. The minimum atomic E-state index is 0.458. The highest BCUT2D eigenvalue weighted by Crippen LogP contribution is 2.52. The molecule has 3 fully saturated rings. The van der Waals surface area contributed by atoms with E-state index in [1.54, 1.807) is 0 Å². The van der Waals surface area contributed by atoms with Crippen LogP contribution in [-0.4, -0.2) is 9.49 Å². The number of rotatable bonds is 6. The van der Waals surface area contributed by atoms with E-state index < -0.39 is 0 Å². The van der Waals surface area contributed by atoms with Gasteiger partial charge in [-0.3, -0.25) is 0 Å². The van der Waals surface area contributed by atoms with Crippen molar-refractivity contribution in [2.75, 3.05) is 0 Å². The Bertz CT molecular complexity index is 497. The Morgan fingerprint density at radius 1 is 0.581 bits per heavy atom. The molecule has 0 N–H and O–H groups in total. The summed E-state index contributed by atoms with van der Waals surface area (Å²) in [6.45, 7) is 15.2. The predicted octanol–water partition coefficient (Wildman–Crippen LogP) is 10.3. The maximum absolute atomic E-state index is 2.62. The van der Waals surface area contributed by atoms with E-state index in [-0.39, 0.29) is 0 Å². The van der Waals surface area contributed by atoms with Gasteiger partial charge in [-0.2, -0.15) is 0 Å². The second-order valence-electron chi connectivity index (χ2n) is 13.6. The van der Waals surface area contributed by atoms with Crippen LogP contribution >= 0.6 is 11.8 Å². The van der Waals surface area contributed by atoms with Crippen molar-refractivity contribution in [3.63, 3.8) is 0 Å². The zero-order chi connectivity index (χ0) is 22.5. The molecular weight excluding hydrogens is 392 g/mol. The predicted molar refractivity (Wildman–Crippen MR) is 142 cm³/mol. The van der Waals surface area contributed by atoms with Crippen molar-refractivity contribution in [3.8, 4) is 0 Å². The molecule has 0 bridgehead atoms. The Kier molecular flexibility index (Phi) is 9.77. The van der Waals surface area contributed by atoms with Crippen LogP contribution in [0, 0.1) is 35.5 Å². The largest absolute Gasteiger partial charge is 0.149 e. The lowest BCUT2D eigenvalue weighted by Gasteiger charge is -2.47. The summed E-state index contributed by atoms with van der Waals surface area (Å²) in [4.78, 5) is 0. The molecule has 4 unspecified atom stereocenters. The summed E-state index contributed by atoms with van der Waals surface area (Å²) >= 11 is 2.24. The SMILES string of the molecule is CC(CC1CCCCCC1)C1CCCCC(CC(C)C2CC(C)(C)SC(C)(C)C2)CC1. The van der Waals surface area contributed by atoms with Gasteiger partial charge in [0, 0.05) is 9.49 Å². The number of thioether (sulfide) groups is 1. The molecule has 1 saturated heterocycles. The molecule has 0 aromatic heterocycles. The third-order valence-corrected chi connectivity index (χ3v) is 10.9. The van der Waals surface area contributed by atoms with Gasteiger partial charge in [0.25, 0.3) is 0 Å². The first-order chi connectivity index (χ1) is 14.6. The van der Waals surface area contributed by atoms with Crippen LogP contribution < -0.4 is 0 Å². The minimum absolute atomic E-state index is 0.458. The van der Waals surface area contributed by atoms with Crippen LogP contribution in [0.3, 0.4) is 0 Å². The lowest BCUT2D eigenvalue weighted by molar-refractivity contribution is 0.177. The topological polar surface area (TPSA) is 0 Å². The first kappa shape index (κ1) is 26.0. The zero-order valence-electron chi connectivity index (χ0n) is 22.2. The van der Waals surface area contributed by atoms with Gasteiger partial charge in [-0.1, -0.05) is 112 Å². The second-order valence-corrected chi connectivity index (χ2v) is 16.0. The standard InChI is InChI=1S/C30H56S/c1-23(19-25-13-9-7-8-10-14-25)27-16-12-11-15-26(17-18-27)20-24(2)28-21-29(3,4)31-30(5,6)22-28/h23-28H,7-22H2,1-6H3. The van der Waals surface area contributed by atoms with Crippen molar-refractivity contribution in [2.45, 2.75) is 154 Å². The van der Waals surface area contributed by atoms with Gasteiger partial charge in [-0.25, -0.2) is 0 Å². The van der Waals surface area contributed by atoms with Gasteiger partial charge in [0.15, 0.2) is 0 Å². The Balaban J connectivity index is 1.49. The highest BCUT2D eigenvalue weighted by molar-refractivity contribution is 8.01. The van der Waals surface area contributed by atoms with Gasteiger partial charge in [0.1, 0.15) is 0 Å². The lowest BCUT2D eigenvalue weighted by atomic mass is 9.72. The van der Waals surface area contributed by atoms with Crippen LogP contribution in [0.4, 0.5) is 0 Å². The van der Waals surface area contributed by atoms with E-state index in [1.165, 1.54) is 103 Å². The molecule has 1 aliphatic heterocycles. The van der Waals surface area contributed by atoms with Crippen LogP contribution in [0.25, 0.3) is 0 Å². The Morgan fingerprint density at radius 2 is 1.03 bits per heavy atom. The first-order valence-electron chi connectivity index (χ1n) is 14.3. The van der Waals surface area contributed by atoms with Crippen LogP contribution in [0.1, 0.15) is 144 Å². The van der Waals surface area contributed by atoms with Gasteiger partial charge in [0.2, 0.25) is 0 Å². The van der Waals surface area contributed by atoms with Crippen molar-refractivity contribution < 1.29 is 0 Å². The molecule has 0 aromatic rings. The summed E-state index contributed by atoms with van der Waals surface area (Å²) in [5.74, 6) is 5.88. The van der Waals surface area contributed by atoms with Gasteiger partial charge in [-0.05, 0) is 67.6 Å². The van der Waals surface area contributed by atoms with Crippen LogP contribution in [0.15, 0.2) is 0 Å². The molecule has 1 heteroatoms. The molecule has 3 aliphatic rings. The fourth-order valence-electron chi connectivity index (χ4n) is 7.99. The van der Waals surface area contributed by atoms with Crippen LogP contribution in [0.5, 0.6) is 0 Å². The number of hydrogen-bond acceptors (Lipinski definition) is 1. The zero-order valence-corrected chi connectivity index (χ0v) is 23.0. The lowest BCUT2D eigenvalue weighted by Crippen LogP contribution is -2.39. The summed E-state index contributed by atoms with van der Waals surface area (Å²) in [7, 11) is 0. The molecular formula is C30H56S. The quantitative estimate of drug-likeness (QED) is 0.364. The Morgan fingerprint density at radius 3 is 1.61 bits per heavy atom. The first-order valence-corrected chi connectivity index (χ1v) is 15.2. The van der Waals surface area contributed by atoms with Crippen LogP contribution in [-0.2, 0) is 0 Å². The third kappa shape index (κ3) is 8.57. The van der Waals surface area contributed by atoms with Gasteiger partial charge in [0.05, 0.1) is 0 Å². The van der Waals surface area contributed by atoms with Crippen LogP contribution in [0.2, 0.25) is 0 Å². The maximum atomic E-state index is 2.62. The van der Waals surface area contributed by atoms with Gasteiger partial charge < -0.3 is 0 Å². The summed E-state index contributed by atoms with van der Waals surface area (Å²) in [5.41, 5.74) is 0. The smallest absolute Gasteiger partial charge is 0.0111 e. The molecule has 0 radical (unpaired) electrons. The molecule has 3 rings (SSSR count). The third-order valence-electron chi connectivity index (χ3n) is 9.44. The highest BCUT2D eigenvalue weighted by atomic mass is 32.2. The molecule has 0 amide bonds. The summed E-state index contributed by atoms with van der Waals surface area (Å²) in [6.07, 6.45) is 24.1. The molecule has 0 spiro atoms. The second kappa shape index (κ2) is 11.7. The fourth-order valence-corrected chi connectivity index (χ4v) is 10.1. The Hall–Kier alpha value is 0.350. The fraction of sp³-hybridized carbons (Fsp3) is 1.00. The summed E-state index contributed by atoms with van der Waals surface area (Å²) < 4.78 is 0.917. The molecule has 31 heavy (non-hydrogen) atoms. The molecule has 2 aliphatic carbocycles. The summed E-state index contributed by atoms with van der Waals surface area (Å²) in [6, 6.07) is 0. The number of hydrogen-bond donors (Lipinski definition) is 0. The van der Waals surface area contributed by atoms with E-state index >= 15 is 0 Å². The Labute approximate surface area is 200 Å². The molecule has 182 valence electrons. The molecule has 1 heterocycles. The maximum Gasteiger partial charge on any atom is 0.0111 e. The van der Waals surface area contributed by atoms with E-state index in [4.69, 9.17) is 0 Å². The van der Waals surface area contributed by atoms with E-state index in [9.17, 15) is 0 Å². The monoisotopic (exact) mass is 448 g/mol. The van der Waals surface area contributed by atoms with Gasteiger partial charge >= 0.3 is 0 Å². The van der Waals surface area contributed by atoms with Crippen molar-refractivity contribution >= 4 is 11.8 Å². The highest BCUT2D eigenvalue weighted by Gasteiger charge is 2.41. The van der Waals surface area contributed by atoms with E-state index in [0.29, 0.717) is 9.49 Å². The van der Waals surface area contributed by atoms with Gasteiger partial charge in [-0.15, -0.1) is 11.8 Å². The van der Waals surface area contributed by atoms with Crippen molar-refractivity contribution in [3.05, 3.63) is 0 Å². The molecule has 0 nitrogen and oxygen atoms in total. The molecule has 2 saturated carbocycles. The van der Waals surface area contributed by atoms with Crippen molar-refractivity contribution in [1.29, 1.82) is 0 Å². The van der Waals surface area contributed by atoms with E-state index in [0.717, 1.165) is 35.5 Å². The van der Waals surface area contributed by atoms with Crippen molar-refractivity contribution in [1.82, 2.24) is 0 Å². The molecule has 4 atom stereocenters.